The molecular formula is C30H28F3N3O4. The van der Waals surface area contributed by atoms with E-state index in [1.54, 1.807) is 10.6 Å². The summed E-state index contributed by atoms with van der Waals surface area (Å²) in [4.78, 5) is 30.2. The number of aromatic nitrogens is 2. The third-order valence-corrected chi connectivity index (χ3v) is 7.42. The number of imidazole rings is 1. The number of carboxylic acids is 1. The molecule has 0 aliphatic heterocycles. The summed E-state index contributed by atoms with van der Waals surface area (Å²) in [6.07, 6.45) is 3.33. The molecule has 4 aromatic rings. The number of anilines is 1. The average molecular weight is 552 g/mol. The number of fused-ring (bicyclic) bond motifs is 1. The molecule has 1 amide bonds. The van der Waals surface area contributed by atoms with Crippen molar-refractivity contribution in [1.82, 2.24) is 9.55 Å². The standard InChI is InChI=1S/C30H28F3N3O4/c1-40-27(18-10-12-20(31)13-11-18)28-35-24-15-22(32)23(33)16-25(24)36(28)26(17-6-3-2-4-7-17)29(37)34-21-9-5-8-19(14-21)30(38)39/h5,8-17,26-27H,2-4,6-7H2,1H3,(H,34,37)(H,38,39). The van der Waals surface area contributed by atoms with Gasteiger partial charge in [-0.3, -0.25) is 4.79 Å². The van der Waals surface area contributed by atoms with Crippen LogP contribution in [0.2, 0.25) is 0 Å². The van der Waals surface area contributed by atoms with E-state index < -0.39 is 41.5 Å². The maximum atomic E-state index is 14.6. The predicted molar refractivity (Wildman–Crippen MR) is 143 cm³/mol. The highest BCUT2D eigenvalue weighted by atomic mass is 19.2. The number of amides is 1. The Hall–Kier alpha value is -4.18. The van der Waals surface area contributed by atoms with Gasteiger partial charge in [-0.05, 0) is 54.7 Å². The second kappa shape index (κ2) is 11.5. The second-order valence-corrected chi connectivity index (χ2v) is 9.98. The lowest BCUT2D eigenvalue weighted by atomic mass is 9.83. The number of halogens is 3. The van der Waals surface area contributed by atoms with Crippen LogP contribution < -0.4 is 5.32 Å². The molecule has 208 valence electrons. The van der Waals surface area contributed by atoms with Crippen LogP contribution in [0.3, 0.4) is 0 Å². The predicted octanol–water partition coefficient (Wildman–Crippen LogP) is 6.65. The van der Waals surface area contributed by atoms with Gasteiger partial charge >= 0.3 is 5.97 Å². The van der Waals surface area contributed by atoms with Crippen LogP contribution in [0.15, 0.2) is 60.7 Å². The average Bonchev–Trinajstić information content (AvgIpc) is 3.28. The van der Waals surface area contributed by atoms with E-state index >= 15 is 0 Å². The normalized spacial score (nSPS) is 15.6. The SMILES string of the molecule is COC(c1ccc(F)cc1)c1nc2cc(F)c(F)cc2n1C(C(=O)Nc1cccc(C(=O)O)c1)C1CCCCC1. The molecule has 1 saturated carbocycles. The van der Waals surface area contributed by atoms with E-state index in [1.807, 2.05) is 0 Å². The van der Waals surface area contributed by atoms with Gasteiger partial charge in [-0.15, -0.1) is 0 Å². The van der Waals surface area contributed by atoms with Crippen molar-refractivity contribution in [3.8, 4) is 0 Å². The summed E-state index contributed by atoms with van der Waals surface area (Å²) in [5.41, 5.74) is 1.19. The highest BCUT2D eigenvalue weighted by Crippen LogP contribution is 2.39. The van der Waals surface area contributed by atoms with Crippen LogP contribution in [0.4, 0.5) is 18.9 Å². The number of nitrogens with one attached hydrogen (secondary N) is 1. The lowest BCUT2D eigenvalue weighted by Crippen LogP contribution is -2.35. The number of nitrogens with zero attached hydrogens (tertiary/aromatic N) is 2. The van der Waals surface area contributed by atoms with Gasteiger partial charge in [0.15, 0.2) is 11.6 Å². The quantitative estimate of drug-likeness (QED) is 0.256. The molecule has 0 saturated heterocycles. The van der Waals surface area contributed by atoms with Gasteiger partial charge in [-0.1, -0.05) is 37.5 Å². The topological polar surface area (TPSA) is 93.5 Å². The van der Waals surface area contributed by atoms with E-state index in [0.717, 1.165) is 31.4 Å². The summed E-state index contributed by atoms with van der Waals surface area (Å²) in [6.45, 7) is 0. The fourth-order valence-electron chi connectivity index (χ4n) is 5.55. The van der Waals surface area contributed by atoms with Crippen LogP contribution >= 0.6 is 0 Å². The van der Waals surface area contributed by atoms with Gasteiger partial charge in [0, 0.05) is 24.9 Å². The van der Waals surface area contributed by atoms with Crippen molar-refractivity contribution in [2.75, 3.05) is 12.4 Å². The lowest BCUT2D eigenvalue weighted by Gasteiger charge is -2.33. The molecule has 3 aromatic carbocycles. The van der Waals surface area contributed by atoms with E-state index in [0.29, 0.717) is 18.4 Å². The molecule has 1 fully saturated rings. The third kappa shape index (κ3) is 5.44. The zero-order valence-electron chi connectivity index (χ0n) is 21.7. The van der Waals surface area contributed by atoms with E-state index in [4.69, 9.17) is 4.74 Å². The van der Waals surface area contributed by atoms with Crippen LogP contribution in [0, 0.1) is 23.4 Å². The fourth-order valence-corrected chi connectivity index (χ4v) is 5.55. The first kappa shape index (κ1) is 27.4. The largest absolute Gasteiger partial charge is 0.478 e. The number of hydrogen-bond acceptors (Lipinski definition) is 4. The third-order valence-electron chi connectivity index (χ3n) is 7.42. The monoisotopic (exact) mass is 551 g/mol. The Labute approximate surface area is 228 Å². The van der Waals surface area contributed by atoms with Crippen LogP contribution in [-0.2, 0) is 9.53 Å². The number of hydrogen-bond donors (Lipinski definition) is 2. The van der Waals surface area contributed by atoms with Gasteiger partial charge in [0.1, 0.15) is 23.8 Å². The van der Waals surface area contributed by atoms with Crippen molar-refractivity contribution < 1.29 is 32.6 Å². The first-order chi connectivity index (χ1) is 19.3. The summed E-state index contributed by atoms with van der Waals surface area (Å²) in [5, 5.41) is 12.2. The molecule has 2 unspecified atom stereocenters. The molecule has 2 N–H and O–H groups in total. The molecule has 2 atom stereocenters. The summed E-state index contributed by atoms with van der Waals surface area (Å²) < 4.78 is 50.0. The lowest BCUT2D eigenvalue weighted by molar-refractivity contribution is -0.121. The number of carboxylic acid groups (broad SMARTS) is 1. The molecule has 1 aliphatic carbocycles. The number of benzene rings is 3. The van der Waals surface area contributed by atoms with Crippen molar-refractivity contribution in [2.45, 2.75) is 44.2 Å². The van der Waals surface area contributed by atoms with Gasteiger partial charge < -0.3 is 19.7 Å². The molecule has 0 radical (unpaired) electrons. The van der Waals surface area contributed by atoms with Crippen molar-refractivity contribution in [3.63, 3.8) is 0 Å². The highest BCUT2D eigenvalue weighted by Gasteiger charge is 2.36. The molecule has 1 aliphatic rings. The minimum Gasteiger partial charge on any atom is -0.478 e. The van der Waals surface area contributed by atoms with Crippen molar-refractivity contribution in [1.29, 1.82) is 0 Å². The van der Waals surface area contributed by atoms with Crippen molar-refractivity contribution in [3.05, 3.63) is 95.1 Å². The van der Waals surface area contributed by atoms with E-state index in [9.17, 15) is 27.9 Å². The first-order valence-corrected chi connectivity index (χ1v) is 13.1. The van der Waals surface area contributed by atoms with Gasteiger partial charge in [-0.2, -0.15) is 0 Å². The van der Waals surface area contributed by atoms with E-state index in [2.05, 4.69) is 10.3 Å². The summed E-state index contributed by atoms with van der Waals surface area (Å²) in [6, 6.07) is 12.6. The summed E-state index contributed by atoms with van der Waals surface area (Å²) in [5.74, 6) is -4.14. The van der Waals surface area contributed by atoms with Crippen LogP contribution in [0.1, 0.15) is 66.0 Å². The molecule has 1 heterocycles. The first-order valence-electron chi connectivity index (χ1n) is 13.1. The van der Waals surface area contributed by atoms with Crippen molar-refractivity contribution in [2.24, 2.45) is 5.92 Å². The highest BCUT2D eigenvalue weighted by molar-refractivity contribution is 5.97. The molecule has 7 nitrogen and oxygen atoms in total. The Bertz CT molecular complexity index is 1550. The second-order valence-electron chi connectivity index (χ2n) is 9.98. The summed E-state index contributed by atoms with van der Waals surface area (Å²) in [7, 11) is 1.44. The molecule has 10 heteroatoms. The van der Waals surface area contributed by atoms with Crippen LogP contribution in [0.5, 0.6) is 0 Å². The number of ether oxygens (including phenoxy) is 1. The van der Waals surface area contributed by atoms with Crippen LogP contribution in [0.25, 0.3) is 11.0 Å². The number of aromatic carboxylic acids is 1. The number of carbonyl (C=O) groups is 2. The van der Waals surface area contributed by atoms with Crippen molar-refractivity contribution >= 4 is 28.6 Å². The van der Waals surface area contributed by atoms with Gasteiger partial charge in [0.25, 0.3) is 0 Å². The zero-order valence-corrected chi connectivity index (χ0v) is 21.7. The van der Waals surface area contributed by atoms with E-state index in [-0.39, 0.29) is 34.0 Å². The molecule has 5 rings (SSSR count). The molecule has 1 aromatic heterocycles. The fraction of sp³-hybridized carbons (Fsp3) is 0.300. The van der Waals surface area contributed by atoms with E-state index in [1.165, 1.54) is 49.6 Å². The van der Waals surface area contributed by atoms with Gasteiger partial charge in [-0.25, -0.2) is 22.9 Å². The minimum atomic E-state index is -1.14. The minimum absolute atomic E-state index is 0.00842. The van der Waals surface area contributed by atoms with Gasteiger partial charge in [0.2, 0.25) is 5.91 Å². The van der Waals surface area contributed by atoms with Crippen LogP contribution in [-0.4, -0.2) is 33.6 Å². The Morgan fingerprint density at radius 1 is 1.00 bits per heavy atom. The van der Waals surface area contributed by atoms with Gasteiger partial charge in [0.05, 0.1) is 16.6 Å². The maximum absolute atomic E-state index is 14.6. The Kier molecular flexibility index (Phi) is 7.88. The smallest absolute Gasteiger partial charge is 0.335 e. The zero-order chi connectivity index (χ0) is 28.4. The molecule has 0 spiro atoms. The Morgan fingerprint density at radius 2 is 1.70 bits per heavy atom. The number of carbonyl (C=O) groups excluding carboxylic acids is 1. The molecule has 0 bridgehead atoms. The number of methoxy groups -OCH3 is 1. The Balaban J connectivity index is 1.69. The maximum Gasteiger partial charge on any atom is 0.335 e. The number of rotatable bonds is 8. The Morgan fingerprint density at radius 3 is 2.38 bits per heavy atom. The molecule has 40 heavy (non-hydrogen) atoms. The molecular weight excluding hydrogens is 523 g/mol. The summed E-state index contributed by atoms with van der Waals surface area (Å²) >= 11 is 0.